The summed E-state index contributed by atoms with van der Waals surface area (Å²) in [6.45, 7) is 7.94. The molecule has 2 heterocycles. The van der Waals surface area contributed by atoms with Crippen LogP contribution in [-0.2, 0) is 0 Å². The number of tetrazole rings is 1. The Morgan fingerprint density at radius 2 is 2.18 bits per heavy atom. The molecule has 7 heteroatoms. The van der Waals surface area contributed by atoms with Gasteiger partial charge in [0.15, 0.2) is 5.82 Å². The number of rotatable bonds is 4. The molecule has 0 unspecified atom stereocenters. The van der Waals surface area contributed by atoms with Gasteiger partial charge in [0.1, 0.15) is 0 Å². The van der Waals surface area contributed by atoms with Crippen LogP contribution in [0.3, 0.4) is 0 Å². The average Bonchev–Trinajstić information content (AvgIpc) is 2.79. The number of hydrogen-bond acceptors (Lipinski definition) is 5. The van der Waals surface area contributed by atoms with E-state index in [1.54, 1.807) is 6.34 Å². The maximum atomic E-state index is 4.31. The van der Waals surface area contributed by atoms with E-state index >= 15 is 0 Å². The maximum Gasteiger partial charge on any atom is 0.203 e. The Morgan fingerprint density at radius 3 is 2.88 bits per heavy atom. The van der Waals surface area contributed by atoms with Crippen molar-refractivity contribution in [2.75, 3.05) is 13.1 Å². The summed E-state index contributed by atoms with van der Waals surface area (Å²) in [5, 5.41) is 15.4. The Labute approximate surface area is 99.1 Å². The second-order valence-corrected chi connectivity index (χ2v) is 3.64. The molecule has 0 aliphatic carbocycles. The molecule has 0 N–H and O–H groups in total. The summed E-state index contributed by atoms with van der Waals surface area (Å²) in [6.07, 6.45) is 1.79. The second-order valence-electron chi connectivity index (χ2n) is 3.64. The minimum atomic E-state index is 0.606. The lowest BCUT2D eigenvalue weighted by molar-refractivity contribution is 0.479. The van der Waals surface area contributed by atoms with Gasteiger partial charge in [-0.3, -0.25) is 0 Å². The van der Waals surface area contributed by atoms with Crippen LogP contribution in [-0.4, -0.2) is 49.6 Å². The van der Waals surface area contributed by atoms with Gasteiger partial charge in [0.25, 0.3) is 0 Å². The van der Waals surface area contributed by atoms with E-state index in [0.717, 1.165) is 18.7 Å². The smallest absolute Gasteiger partial charge is 0.203 e. The Kier molecular flexibility index (Phi) is 3.27. The van der Waals surface area contributed by atoms with Gasteiger partial charge in [-0.05, 0) is 37.3 Å². The van der Waals surface area contributed by atoms with Gasteiger partial charge in [0, 0.05) is 18.7 Å². The second kappa shape index (κ2) is 4.86. The van der Waals surface area contributed by atoms with E-state index in [1.807, 2.05) is 13.0 Å². The first-order valence-corrected chi connectivity index (χ1v) is 5.58. The summed E-state index contributed by atoms with van der Waals surface area (Å²) >= 11 is 0. The molecule has 0 aliphatic rings. The van der Waals surface area contributed by atoms with Gasteiger partial charge in [0.2, 0.25) is 5.65 Å². The van der Waals surface area contributed by atoms with Crippen molar-refractivity contribution in [3.05, 3.63) is 11.6 Å². The molecule has 0 spiro atoms. The molecule has 0 radical (unpaired) electrons. The van der Waals surface area contributed by atoms with Crippen molar-refractivity contribution >= 4 is 17.8 Å². The van der Waals surface area contributed by atoms with Crippen LogP contribution in [0, 0.1) is 6.92 Å². The third kappa shape index (κ3) is 2.38. The molecule has 0 bridgehead atoms. The van der Waals surface area contributed by atoms with Crippen LogP contribution < -0.4 is 0 Å². The molecule has 0 fully saturated rings. The van der Waals surface area contributed by atoms with Gasteiger partial charge in [-0.2, -0.15) is 0 Å². The molecule has 0 aromatic carbocycles. The van der Waals surface area contributed by atoms with Crippen LogP contribution in [0.5, 0.6) is 0 Å². The highest BCUT2D eigenvalue weighted by Crippen LogP contribution is 2.12. The number of nitrogens with zero attached hydrogens (tertiary/aromatic N) is 7. The zero-order chi connectivity index (χ0) is 12.3. The molecule has 17 heavy (non-hydrogen) atoms. The van der Waals surface area contributed by atoms with Crippen molar-refractivity contribution in [1.82, 2.24) is 30.2 Å². The van der Waals surface area contributed by atoms with E-state index in [4.69, 9.17) is 0 Å². The van der Waals surface area contributed by atoms with Crippen molar-refractivity contribution in [3.63, 3.8) is 0 Å². The fourth-order valence-corrected chi connectivity index (χ4v) is 1.46. The van der Waals surface area contributed by atoms with Crippen molar-refractivity contribution < 1.29 is 0 Å². The summed E-state index contributed by atoms with van der Waals surface area (Å²) in [6, 6.07) is 1.87. The lowest BCUT2D eigenvalue weighted by Crippen LogP contribution is -2.20. The van der Waals surface area contributed by atoms with Crippen LogP contribution in [0.15, 0.2) is 11.1 Å². The predicted octanol–water partition coefficient (Wildman–Crippen LogP) is 0.829. The fourth-order valence-electron chi connectivity index (χ4n) is 1.46. The molecule has 0 amide bonds. The van der Waals surface area contributed by atoms with Gasteiger partial charge < -0.3 is 4.90 Å². The van der Waals surface area contributed by atoms with Crippen LogP contribution in [0.25, 0.3) is 5.65 Å². The number of aliphatic imine (C=N–C) groups is 1. The highest BCUT2D eigenvalue weighted by atomic mass is 15.6. The van der Waals surface area contributed by atoms with E-state index in [0.29, 0.717) is 11.5 Å². The molecule has 2 rings (SSSR count). The zero-order valence-corrected chi connectivity index (χ0v) is 10.2. The topological polar surface area (TPSA) is 71.6 Å². The number of fused-ring (bicyclic) bond motifs is 1. The predicted molar refractivity (Wildman–Crippen MR) is 64.4 cm³/mol. The van der Waals surface area contributed by atoms with Crippen molar-refractivity contribution in [3.8, 4) is 0 Å². The standard InChI is InChI=1S/C10H15N7/c1-4-16(5-2)7-11-9-6-8(3)10-12-14-15-17(10)13-9/h6-7H,4-5H2,1-3H3. The summed E-state index contributed by atoms with van der Waals surface area (Å²) in [5.41, 5.74) is 1.61. The molecular weight excluding hydrogens is 218 g/mol. The molecule has 0 saturated heterocycles. The third-order valence-electron chi connectivity index (χ3n) is 2.51. The maximum absolute atomic E-state index is 4.31. The summed E-state index contributed by atoms with van der Waals surface area (Å²) in [5.74, 6) is 0.606. The Hall–Kier alpha value is -2.05. The lowest BCUT2D eigenvalue weighted by Gasteiger charge is -2.12. The number of hydrogen-bond donors (Lipinski definition) is 0. The van der Waals surface area contributed by atoms with Gasteiger partial charge >= 0.3 is 0 Å². The third-order valence-corrected chi connectivity index (χ3v) is 2.51. The number of aromatic nitrogens is 5. The fraction of sp³-hybridized carbons (Fsp3) is 0.500. The lowest BCUT2D eigenvalue weighted by atomic mass is 10.3. The highest BCUT2D eigenvalue weighted by Gasteiger charge is 2.04. The van der Waals surface area contributed by atoms with Gasteiger partial charge in [0.05, 0.1) is 6.34 Å². The SMILES string of the molecule is CCN(C=Nc1cc(C)c2nnnn2n1)CC. The molecular formula is C10H15N7. The first kappa shape index (κ1) is 11.4. The van der Waals surface area contributed by atoms with Gasteiger partial charge in [-0.15, -0.1) is 14.8 Å². The highest BCUT2D eigenvalue weighted by molar-refractivity contribution is 5.60. The first-order valence-electron chi connectivity index (χ1n) is 5.58. The molecule has 0 atom stereocenters. The first-order chi connectivity index (χ1) is 8.24. The van der Waals surface area contributed by atoms with E-state index in [-0.39, 0.29) is 0 Å². The van der Waals surface area contributed by atoms with Crippen molar-refractivity contribution in [1.29, 1.82) is 0 Å². The minimum absolute atomic E-state index is 0.606. The molecule has 2 aromatic rings. The van der Waals surface area contributed by atoms with Crippen LogP contribution >= 0.6 is 0 Å². The molecule has 2 aromatic heterocycles. The van der Waals surface area contributed by atoms with Crippen LogP contribution in [0.2, 0.25) is 0 Å². The zero-order valence-electron chi connectivity index (χ0n) is 10.2. The quantitative estimate of drug-likeness (QED) is 0.577. The largest absolute Gasteiger partial charge is 0.363 e. The monoisotopic (exact) mass is 233 g/mol. The summed E-state index contributed by atoms with van der Waals surface area (Å²) in [4.78, 5) is 6.40. The molecule has 0 aliphatic heterocycles. The summed E-state index contributed by atoms with van der Waals surface area (Å²) in [7, 11) is 0. The van der Waals surface area contributed by atoms with E-state index in [9.17, 15) is 0 Å². The minimum Gasteiger partial charge on any atom is -0.363 e. The van der Waals surface area contributed by atoms with Gasteiger partial charge in [-0.1, -0.05) is 0 Å². The normalized spacial score (nSPS) is 11.5. The molecule has 90 valence electrons. The van der Waals surface area contributed by atoms with E-state index in [2.05, 4.69) is 44.4 Å². The number of aryl methyl sites for hydroxylation is 1. The van der Waals surface area contributed by atoms with Crippen LogP contribution in [0.1, 0.15) is 19.4 Å². The van der Waals surface area contributed by atoms with Crippen molar-refractivity contribution in [2.45, 2.75) is 20.8 Å². The van der Waals surface area contributed by atoms with E-state index in [1.165, 1.54) is 4.63 Å². The van der Waals surface area contributed by atoms with Crippen LogP contribution in [0.4, 0.5) is 5.82 Å². The van der Waals surface area contributed by atoms with Gasteiger partial charge in [-0.25, -0.2) is 4.99 Å². The van der Waals surface area contributed by atoms with Crippen molar-refractivity contribution in [2.24, 2.45) is 4.99 Å². The Balaban J connectivity index is 2.30. The molecule has 0 saturated carbocycles. The average molecular weight is 233 g/mol. The molecule has 7 nitrogen and oxygen atoms in total. The summed E-state index contributed by atoms with van der Waals surface area (Å²) < 4.78 is 1.39. The Bertz CT molecular complexity index is 526. The van der Waals surface area contributed by atoms with E-state index < -0.39 is 0 Å². The Morgan fingerprint density at radius 1 is 1.41 bits per heavy atom.